The van der Waals surface area contributed by atoms with E-state index in [1.165, 1.54) is 0 Å². The van der Waals surface area contributed by atoms with Crippen molar-refractivity contribution < 1.29 is 4.79 Å². The lowest BCUT2D eigenvalue weighted by molar-refractivity contribution is -0.121. The summed E-state index contributed by atoms with van der Waals surface area (Å²) in [5.74, 6) is 0.0290. The van der Waals surface area contributed by atoms with Crippen molar-refractivity contribution in [3.05, 3.63) is 78.4 Å². The maximum absolute atomic E-state index is 11.9. The summed E-state index contributed by atoms with van der Waals surface area (Å²) in [6.45, 7) is 0.485. The molecule has 0 saturated heterocycles. The molecule has 0 spiro atoms. The van der Waals surface area contributed by atoms with Crippen LogP contribution in [0, 0.1) is 0 Å². The monoisotopic (exact) mass is 306 g/mol. The van der Waals surface area contributed by atoms with E-state index in [1.807, 2.05) is 48.7 Å². The van der Waals surface area contributed by atoms with Gasteiger partial charge in [-0.05, 0) is 30.2 Å². The lowest BCUT2D eigenvalue weighted by atomic mass is 10.1. The summed E-state index contributed by atoms with van der Waals surface area (Å²) in [7, 11) is 0. The average molecular weight is 306 g/mol. The van der Waals surface area contributed by atoms with Crippen molar-refractivity contribution in [3.8, 4) is 5.69 Å². The van der Waals surface area contributed by atoms with Gasteiger partial charge in [-0.2, -0.15) is 5.10 Å². The molecule has 0 aliphatic carbocycles. The van der Waals surface area contributed by atoms with Gasteiger partial charge in [-0.3, -0.25) is 9.78 Å². The summed E-state index contributed by atoms with van der Waals surface area (Å²) in [6.07, 6.45) is 8.37. The number of nitrogens with zero attached hydrogens (tertiary/aromatic N) is 3. The number of hydrogen-bond donors (Lipinski definition) is 1. The van der Waals surface area contributed by atoms with Crippen molar-refractivity contribution >= 4 is 5.91 Å². The van der Waals surface area contributed by atoms with Gasteiger partial charge in [0, 0.05) is 37.1 Å². The van der Waals surface area contributed by atoms with Crippen LogP contribution >= 0.6 is 0 Å². The number of para-hydroxylation sites is 1. The van der Waals surface area contributed by atoms with Gasteiger partial charge in [0.1, 0.15) is 0 Å². The molecule has 5 nitrogen and oxygen atoms in total. The van der Waals surface area contributed by atoms with Crippen molar-refractivity contribution in [2.75, 3.05) is 0 Å². The Morgan fingerprint density at radius 2 is 1.91 bits per heavy atom. The molecule has 1 amide bonds. The van der Waals surface area contributed by atoms with Crippen LogP contribution < -0.4 is 5.32 Å². The Hall–Kier alpha value is -2.95. The number of benzene rings is 1. The normalized spacial score (nSPS) is 10.4. The minimum atomic E-state index is 0.0290. The standard InChI is InChI=1S/C18H18N4O/c23-18(9-8-15-5-4-10-19-11-15)20-12-16-13-21-22(14-16)17-6-2-1-3-7-17/h1-7,10-11,13-14H,8-9,12H2,(H,20,23). The van der Waals surface area contributed by atoms with Crippen LogP contribution in [-0.2, 0) is 17.8 Å². The first-order valence-electron chi connectivity index (χ1n) is 7.56. The van der Waals surface area contributed by atoms with Gasteiger partial charge in [0.25, 0.3) is 0 Å². The first kappa shape index (κ1) is 15.0. The molecule has 0 unspecified atom stereocenters. The molecule has 1 N–H and O–H groups in total. The van der Waals surface area contributed by atoms with Crippen LogP contribution in [0.2, 0.25) is 0 Å². The largest absolute Gasteiger partial charge is 0.352 e. The van der Waals surface area contributed by atoms with Gasteiger partial charge in [-0.25, -0.2) is 4.68 Å². The summed E-state index contributed by atoms with van der Waals surface area (Å²) in [5.41, 5.74) is 3.05. The zero-order valence-electron chi connectivity index (χ0n) is 12.7. The highest BCUT2D eigenvalue weighted by atomic mass is 16.1. The fourth-order valence-corrected chi connectivity index (χ4v) is 2.27. The molecule has 1 aromatic carbocycles. The van der Waals surface area contributed by atoms with Crippen LogP contribution in [0.4, 0.5) is 0 Å². The predicted octanol–water partition coefficient (Wildman–Crippen LogP) is 2.52. The second-order valence-corrected chi connectivity index (χ2v) is 5.27. The number of aryl methyl sites for hydroxylation is 1. The molecular weight excluding hydrogens is 288 g/mol. The Morgan fingerprint density at radius 3 is 2.70 bits per heavy atom. The smallest absolute Gasteiger partial charge is 0.220 e. The minimum Gasteiger partial charge on any atom is -0.352 e. The van der Waals surface area contributed by atoms with E-state index in [9.17, 15) is 4.79 Å². The van der Waals surface area contributed by atoms with Crippen molar-refractivity contribution in [1.82, 2.24) is 20.1 Å². The number of hydrogen-bond acceptors (Lipinski definition) is 3. The Morgan fingerprint density at radius 1 is 1.04 bits per heavy atom. The molecule has 0 radical (unpaired) electrons. The number of nitrogens with one attached hydrogen (secondary N) is 1. The van der Waals surface area contributed by atoms with E-state index in [4.69, 9.17) is 0 Å². The van der Waals surface area contributed by atoms with E-state index in [0.717, 1.165) is 16.8 Å². The third-order valence-corrected chi connectivity index (χ3v) is 3.51. The molecule has 2 heterocycles. The highest BCUT2D eigenvalue weighted by molar-refractivity contribution is 5.76. The Labute approximate surface area is 135 Å². The second-order valence-electron chi connectivity index (χ2n) is 5.27. The Bertz CT molecular complexity index is 753. The van der Waals surface area contributed by atoms with Crippen LogP contribution in [0.3, 0.4) is 0 Å². The summed E-state index contributed by atoms with van der Waals surface area (Å²) in [5, 5.41) is 7.24. The van der Waals surface area contributed by atoms with Gasteiger partial charge in [-0.1, -0.05) is 24.3 Å². The number of rotatable bonds is 6. The number of carbonyl (C=O) groups excluding carboxylic acids is 1. The molecule has 3 aromatic rings. The molecule has 0 fully saturated rings. The van der Waals surface area contributed by atoms with Gasteiger partial charge in [-0.15, -0.1) is 0 Å². The van der Waals surface area contributed by atoms with Crippen LogP contribution in [0.5, 0.6) is 0 Å². The number of aromatic nitrogens is 3. The van der Waals surface area contributed by atoms with Crippen LogP contribution in [0.25, 0.3) is 5.69 Å². The van der Waals surface area contributed by atoms with Crippen molar-refractivity contribution in [2.24, 2.45) is 0 Å². The van der Waals surface area contributed by atoms with E-state index < -0.39 is 0 Å². The fourth-order valence-electron chi connectivity index (χ4n) is 2.27. The van der Waals surface area contributed by atoms with E-state index in [2.05, 4.69) is 15.4 Å². The highest BCUT2D eigenvalue weighted by Crippen LogP contribution is 2.07. The summed E-state index contributed by atoms with van der Waals surface area (Å²) in [6, 6.07) is 13.7. The average Bonchev–Trinajstić information content (AvgIpc) is 3.09. The molecule has 116 valence electrons. The maximum atomic E-state index is 11.9. The van der Waals surface area contributed by atoms with Gasteiger partial charge in [0.15, 0.2) is 0 Å². The molecule has 0 aliphatic rings. The molecule has 0 bridgehead atoms. The van der Waals surface area contributed by atoms with Crippen LogP contribution in [-0.4, -0.2) is 20.7 Å². The molecule has 0 aliphatic heterocycles. The van der Waals surface area contributed by atoms with Gasteiger partial charge >= 0.3 is 0 Å². The quantitative estimate of drug-likeness (QED) is 0.761. The molecule has 23 heavy (non-hydrogen) atoms. The highest BCUT2D eigenvalue weighted by Gasteiger charge is 2.05. The SMILES string of the molecule is O=C(CCc1cccnc1)NCc1cnn(-c2ccccc2)c1. The molecule has 3 rings (SSSR count). The molecule has 2 aromatic heterocycles. The number of carbonyl (C=O) groups is 1. The number of amides is 1. The lowest BCUT2D eigenvalue weighted by Crippen LogP contribution is -2.22. The zero-order chi connectivity index (χ0) is 15.9. The minimum absolute atomic E-state index is 0.0290. The van der Waals surface area contributed by atoms with Crippen molar-refractivity contribution in [2.45, 2.75) is 19.4 Å². The van der Waals surface area contributed by atoms with Crippen molar-refractivity contribution in [3.63, 3.8) is 0 Å². The fraction of sp³-hybridized carbons (Fsp3) is 0.167. The first-order chi connectivity index (χ1) is 11.3. The molecule has 5 heteroatoms. The van der Waals surface area contributed by atoms with Gasteiger partial charge < -0.3 is 5.32 Å². The van der Waals surface area contributed by atoms with E-state index in [1.54, 1.807) is 23.3 Å². The topological polar surface area (TPSA) is 59.8 Å². The first-order valence-corrected chi connectivity index (χ1v) is 7.56. The van der Waals surface area contributed by atoms with Crippen LogP contribution in [0.15, 0.2) is 67.3 Å². The summed E-state index contributed by atoms with van der Waals surface area (Å²) < 4.78 is 1.80. The third kappa shape index (κ3) is 4.26. The third-order valence-electron chi connectivity index (χ3n) is 3.51. The summed E-state index contributed by atoms with van der Waals surface area (Å²) >= 11 is 0. The van der Waals surface area contributed by atoms with Gasteiger partial charge in [0.2, 0.25) is 5.91 Å². The molecule has 0 atom stereocenters. The van der Waals surface area contributed by atoms with Crippen molar-refractivity contribution in [1.29, 1.82) is 0 Å². The lowest BCUT2D eigenvalue weighted by Gasteiger charge is -2.03. The van der Waals surface area contributed by atoms with E-state index >= 15 is 0 Å². The summed E-state index contributed by atoms with van der Waals surface area (Å²) in [4.78, 5) is 16.0. The number of pyridine rings is 1. The maximum Gasteiger partial charge on any atom is 0.220 e. The second kappa shape index (κ2) is 7.35. The van der Waals surface area contributed by atoms with E-state index in [-0.39, 0.29) is 5.91 Å². The Kier molecular flexibility index (Phi) is 4.79. The van der Waals surface area contributed by atoms with Gasteiger partial charge in [0.05, 0.1) is 11.9 Å². The van der Waals surface area contributed by atoms with Crippen LogP contribution in [0.1, 0.15) is 17.5 Å². The van der Waals surface area contributed by atoms with E-state index in [0.29, 0.717) is 19.4 Å². The molecule has 0 saturated carbocycles. The molecular formula is C18H18N4O. The predicted molar refractivity (Wildman–Crippen MR) is 88.0 cm³/mol. The Balaban J connectivity index is 1.49. The zero-order valence-corrected chi connectivity index (χ0v) is 12.7.